The maximum Gasteiger partial charge on any atom is 0.255 e. The molecule has 1 aromatic heterocycles. The second-order valence-corrected chi connectivity index (χ2v) is 5.96. The Balaban J connectivity index is 1.60. The fourth-order valence-electron chi connectivity index (χ4n) is 2.07. The highest BCUT2D eigenvalue weighted by atomic mass is 32.1. The lowest BCUT2D eigenvalue weighted by Crippen LogP contribution is -2.11. The van der Waals surface area contributed by atoms with Gasteiger partial charge in [0, 0.05) is 11.3 Å². The van der Waals surface area contributed by atoms with E-state index in [2.05, 4.69) is 14.1 Å². The van der Waals surface area contributed by atoms with Gasteiger partial charge in [-0.15, -0.1) is 0 Å². The molecule has 122 valence electrons. The van der Waals surface area contributed by atoms with Crippen LogP contribution in [0.25, 0.3) is 0 Å². The summed E-state index contributed by atoms with van der Waals surface area (Å²) in [6.45, 7) is 4.28. The summed E-state index contributed by atoms with van der Waals surface area (Å²) >= 11 is 1.18. The Bertz CT molecular complexity index is 826. The number of carbonyl (C=O) groups excluding carboxylic acids is 1. The summed E-state index contributed by atoms with van der Waals surface area (Å²) in [6.07, 6.45) is 0. The van der Waals surface area contributed by atoms with Crippen molar-refractivity contribution >= 4 is 23.3 Å². The van der Waals surface area contributed by atoms with Gasteiger partial charge < -0.3 is 10.1 Å². The van der Waals surface area contributed by atoms with E-state index in [4.69, 9.17) is 4.74 Å². The van der Waals surface area contributed by atoms with Crippen LogP contribution in [0.2, 0.25) is 0 Å². The fourth-order valence-corrected chi connectivity index (χ4v) is 2.63. The molecule has 3 rings (SSSR count). The number of rotatable bonds is 5. The number of aryl methyl sites for hydroxylation is 2. The van der Waals surface area contributed by atoms with Crippen LogP contribution >= 0.6 is 11.7 Å². The first kappa shape index (κ1) is 16.1. The van der Waals surface area contributed by atoms with Gasteiger partial charge in [0.25, 0.3) is 5.91 Å². The highest BCUT2D eigenvalue weighted by Gasteiger charge is 2.07. The summed E-state index contributed by atoms with van der Waals surface area (Å²) < 4.78 is 14.0. The van der Waals surface area contributed by atoms with Crippen molar-refractivity contribution in [3.05, 3.63) is 71.0 Å². The van der Waals surface area contributed by atoms with Crippen molar-refractivity contribution in [1.29, 1.82) is 0 Å². The van der Waals surface area contributed by atoms with Gasteiger partial charge in [-0.1, -0.05) is 17.7 Å². The molecule has 0 aliphatic rings. The van der Waals surface area contributed by atoms with Gasteiger partial charge in [-0.2, -0.15) is 8.75 Å². The summed E-state index contributed by atoms with van der Waals surface area (Å²) in [7, 11) is 0. The summed E-state index contributed by atoms with van der Waals surface area (Å²) in [6, 6.07) is 14.7. The number of nitrogens with one attached hydrogen (secondary N) is 1. The maximum atomic E-state index is 12.2. The average molecular weight is 339 g/mol. The Morgan fingerprint density at radius 2 is 1.75 bits per heavy atom. The lowest BCUT2D eigenvalue weighted by Gasteiger charge is -2.08. The van der Waals surface area contributed by atoms with Gasteiger partial charge in [0.2, 0.25) is 0 Å². The van der Waals surface area contributed by atoms with Crippen LogP contribution < -0.4 is 10.1 Å². The molecule has 0 radical (unpaired) electrons. The van der Waals surface area contributed by atoms with Crippen LogP contribution in [0.15, 0.2) is 48.5 Å². The van der Waals surface area contributed by atoms with Gasteiger partial charge >= 0.3 is 0 Å². The Kier molecular flexibility index (Phi) is 4.86. The van der Waals surface area contributed by atoms with Gasteiger partial charge in [0.1, 0.15) is 18.1 Å². The third kappa shape index (κ3) is 3.97. The van der Waals surface area contributed by atoms with Crippen molar-refractivity contribution in [2.24, 2.45) is 0 Å². The van der Waals surface area contributed by atoms with Crippen molar-refractivity contribution in [3.8, 4) is 5.75 Å². The predicted octanol–water partition coefficient (Wildman–Crippen LogP) is 3.99. The van der Waals surface area contributed by atoms with E-state index in [1.165, 1.54) is 11.7 Å². The molecular formula is C18H17N3O2S. The van der Waals surface area contributed by atoms with Gasteiger partial charge in [0.05, 0.1) is 17.4 Å². The molecule has 0 atom stereocenters. The second kappa shape index (κ2) is 7.23. The summed E-state index contributed by atoms with van der Waals surface area (Å²) in [5.74, 6) is 0.541. The van der Waals surface area contributed by atoms with E-state index in [9.17, 15) is 4.79 Å². The zero-order chi connectivity index (χ0) is 16.9. The molecule has 0 fully saturated rings. The number of anilines is 1. The zero-order valence-electron chi connectivity index (χ0n) is 13.4. The Hall–Kier alpha value is -2.73. The standard InChI is InChI=1S/C18H17N3O2S/c1-12-3-7-15(8-4-12)19-18(22)14-5-9-16(10-6-14)23-11-17-13(2)20-24-21-17/h3-10H,11H2,1-2H3,(H,19,22). The molecule has 0 spiro atoms. The van der Waals surface area contributed by atoms with E-state index in [0.717, 1.165) is 22.6 Å². The Morgan fingerprint density at radius 3 is 2.38 bits per heavy atom. The molecule has 0 aliphatic heterocycles. The molecule has 1 amide bonds. The average Bonchev–Trinajstić information content (AvgIpc) is 3.00. The van der Waals surface area contributed by atoms with E-state index < -0.39 is 0 Å². The largest absolute Gasteiger partial charge is 0.487 e. The van der Waals surface area contributed by atoms with E-state index in [-0.39, 0.29) is 5.91 Å². The zero-order valence-corrected chi connectivity index (χ0v) is 14.3. The number of ether oxygens (including phenoxy) is 1. The number of aromatic nitrogens is 2. The molecule has 1 N–H and O–H groups in total. The number of nitrogens with zero attached hydrogens (tertiary/aromatic N) is 2. The SMILES string of the molecule is Cc1ccc(NC(=O)c2ccc(OCc3nsnc3C)cc2)cc1. The lowest BCUT2D eigenvalue weighted by atomic mass is 10.2. The molecule has 0 aliphatic carbocycles. The first-order chi connectivity index (χ1) is 11.6. The van der Waals surface area contributed by atoms with E-state index >= 15 is 0 Å². The molecule has 0 unspecified atom stereocenters. The lowest BCUT2D eigenvalue weighted by molar-refractivity contribution is 0.102. The normalized spacial score (nSPS) is 10.4. The van der Waals surface area contributed by atoms with Gasteiger partial charge in [-0.05, 0) is 50.2 Å². The third-order valence-electron chi connectivity index (χ3n) is 3.55. The smallest absolute Gasteiger partial charge is 0.255 e. The van der Waals surface area contributed by atoms with E-state index in [1.807, 2.05) is 38.1 Å². The van der Waals surface area contributed by atoms with Gasteiger partial charge in [-0.3, -0.25) is 4.79 Å². The minimum absolute atomic E-state index is 0.148. The first-order valence-corrected chi connectivity index (χ1v) is 8.24. The third-order valence-corrected chi connectivity index (χ3v) is 4.21. The molecule has 6 heteroatoms. The van der Waals surface area contributed by atoms with Crippen molar-refractivity contribution in [3.63, 3.8) is 0 Å². The molecule has 0 saturated carbocycles. The Labute approximate surface area is 144 Å². The van der Waals surface area contributed by atoms with E-state index in [0.29, 0.717) is 17.9 Å². The van der Waals surface area contributed by atoms with Crippen LogP contribution in [0.1, 0.15) is 27.3 Å². The minimum atomic E-state index is -0.148. The Morgan fingerprint density at radius 1 is 1.04 bits per heavy atom. The first-order valence-electron chi connectivity index (χ1n) is 7.51. The summed E-state index contributed by atoms with van der Waals surface area (Å²) in [4.78, 5) is 12.2. The number of carbonyl (C=O) groups is 1. The molecule has 0 saturated heterocycles. The van der Waals surface area contributed by atoms with E-state index in [1.54, 1.807) is 24.3 Å². The molecule has 1 heterocycles. The molecule has 2 aromatic carbocycles. The topological polar surface area (TPSA) is 64.1 Å². The van der Waals surface area contributed by atoms with Crippen LogP contribution in [-0.4, -0.2) is 14.7 Å². The van der Waals surface area contributed by atoms with Gasteiger partial charge in [-0.25, -0.2) is 0 Å². The van der Waals surface area contributed by atoms with Crippen molar-refractivity contribution in [1.82, 2.24) is 8.75 Å². The van der Waals surface area contributed by atoms with Crippen LogP contribution in [0.5, 0.6) is 5.75 Å². The highest BCUT2D eigenvalue weighted by Crippen LogP contribution is 2.16. The number of hydrogen-bond acceptors (Lipinski definition) is 5. The molecular weight excluding hydrogens is 322 g/mol. The number of amides is 1. The van der Waals surface area contributed by atoms with Crippen molar-refractivity contribution in [2.45, 2.75) is 20.5 Å². The molecule has 3 aromatic rings. The van der Waals surface area contributed by atoms with Crippen LogP contribution in [0.4, 0.5) is 5.69 Å². The quantitative estimate of drug-likeness (QED) is 0.763. The minimum Gasteiger partial charge on any atom is -0.487 e. The number of benzene rings is 2. The van der Waals surface area contributed by atoms with Gasteiger partial charge in [0.15, 0.2) is 0 Å². The van der Waals surface area contributed by atoms with Crippen LogP contribution in [0, 0.1) is 13.8 Å². The van der Waals surface area contributed by atoms with Crippen molar-refractivity contribution in [2.75, 3.05) is 5.32 Å². The molecule has 5 nitrogen and oxygen atoms in total. The molecule has 24 heavy (non-hydrogen) atoms. The summed E-state index contributed by atoms with van der Waals surface area (Å²) in [5.41, 5.74) is 4.22. The molecule has 0 bridgehead atoms. The van der Waals surface area contributed by atoms with Crippen LogP contribution in [-0.2, 0) is 6.61 Å². The maximum absolute atomic E-state index is 12.2. The second-order valence-electron chi connectivity index (χ2n) is 5.43. The van der Waals surface area contributed by atoms with Crippen LogP contribution in [0.3, 0.4) is 0 Å². The fraction of sp³-hybridized carbons (Fsp3) is 0.167. The number of hydrogen-bond donors (Lipinski definition) is 1. The van der Waals surface area contributed by atoms with Crippen molar-refractivity contribution < 1.29 is 9.53 Å². The monoisotopic (exact) mass is 339 g/mol. The summed E-state index contributed by atoms with van der Waals surface area (Å²) in [5, 5.41) is 2.87. The highest BCUT2D eigenvalue weighted by molar-refractivity contribution is 6.99. The predicted molar refractivity (Wildman–Crippen MR) is 94.6 cm³/mol.